The Kier molecular flexibility index (Phi) is 3.87. The minimum absolute atomic E-state index is 0.401. The summed E-state index contributed by atoms with van der Waals surface area (Å²) in [6.45, 7) is 10.5. The average molecular weight is 317 g/mol. The number of fused-ring (bicyclic) bond motifs is 1. The van der Waals surface area contributed by atoms with E-state index in [1.807, 2.05) is 4.57 Å². The first-order chi connectivity index (χ1) is 10.9. The summed E-state index contributed by atoms with van der Waals surface area (Å²) in [6.07, 6.45) is 2.93. The van der Waals surface area contributed by atoms with Gasteiger partial charge in [0.1, 0.15) is 0 Å². The van der Waals surface area contributed by atoms with Gasteiger partial charge in [-0.05, 0) is 18.3 Å². The van der Waals surface area contributed by atoms with E-state index < -0.39 is 11.2 Å². The molecule has 7 heteroatoms. The van der Waals surface area contributed by atoms with E-state index >= 15 is 0 Å². The van der Waals surface area contributed by atoms with Gasteiger partial charge in [-0.1, -0.05) is 19.9 Å². The highest BCUT2D eigenvalue weighted by Gasteiger charge is 2.27. The second kappa shape index (κ2) is 5.72. The molecule has 2 aromatic rings. The van der Waals surface area contributed by atoms with Crippen LogP contribution in [0, 0.1) is 11.8 Å². The standard InChI is InChI=1S/C16H23N5O2/c1-5-6-21-12-13(19(4)16(23)18-14(12)22)17-15(21)20-8-10(2)7-11(3)9-20/h5,10-11H,1,6-9H2,2-4H3,(H,18,22,23). The number of rotatable bonds is 3. The molecule has 3 heterocycles. The van der Waals surface area contributed by atoms with Crippen molar-refractivity contribution in [1.82, 2.24) is 19.1 Å². The van der Waals surface area contributed by atoms with Crippen LogP contribution in [0.15, 0.2) is 22.2 Å². The van der Waals surface area contributed by atoms with Crippen LogP contribution in [0.5, 0.6) is 0 Å². The number of aryl methyl sites for hydroxylation is 1. The molecule has 0 radical (unpaired) electrons. The number of allylic oxidation sites excluding steroid dienone is 1. The van der Waals surface area contributed by atoms with E-state index in [0.717, 1.165) is 19.0 Å². The van der Waals surface area contributed by atoms with E-state index in [0.29, 0.717) is 29.5 Å². The van der Waals surface area contributed by atoms with Crippen molar-refractivity contribution in [2.75, 3.05) is 18.0 Å². The molecule has 0 saturated carbocycles. The van der Waals surface area contributed by atoms with E-state index in [2.05, 4.69) is 35.3 Å². The van der Waals surface area contributed by atoms with E-state index in [9.17, 15) is 9.59 Å². The molecule has 124 valence electrons. The van der Waals surface area contributed by atoms with Crippen LogP contribution < -0.4 is 16.1 Å². The van der Waals surface area contributed by atoms with Gasteiger partial charge in [0, 0.05) is 26.7 Å². The smallest absolute Gasteiger partial charge is 0.329 e. The lowest BCUT2D eigenvalue weighted by molar-refractivity contribution is 0.352. The maximum absolute atomic E-state index is 12.3. The molecule has 7 nitrogen and oxygen atoms in total. The van der Waals surface area contributed by atoms with Crippen LogP contribution in [0.3, 0.4) is 0 Å². The predicted octanol–water partition coefficient (Wildman–Crippen LogP) is 1.09. The molecule has 1 saturated heterocycles. The summed E-state index contributed by atoms with van der Waals surface area (Å²) < 4.78 is 3.24. The molecule has 1 aliphatic heterocycles. The van der Waals surface area contributed by atoms with E-state index in [1.165, 1.54) is 11.0 Å². The Labute approximate surface area is 134 Å². The van der Waals surface area contributed by atoms with Crippen LogP contribution in [0.25, 0.3) is 11.2 Å². The van der Waals surface area contributed by atoms with E-state index in [-0.39, 0.29) is 0 Å². The third-order valence-corrected chi connectivity index (χ3v) is 4.45. The highest BCUT2D eigenvalue weighted by molar-refractivity contribution is 5.74. The fourth-order valence-electron chi connectivity index (χ4n) is 3.59. The zero-order valence-electron chi connectivity index (χ0n) is 13.9. The van der Waals surface area contributed by atoms with E-state index in [1.54, 1.807) is 13.1 Å². The Morgan fingerprint density at radius 3 is 2.57 bits per heavy atom. The van der Waals surface area contributed by atoms with Gasteiger partial charge in [0.05, 0.1) is 0 Å². The van der Waals surface area contributed by atoms with Crippen molar-refractivity contribution in [3.05, 3.63) is 33.5 Å². The Hall–Kier alpha value is -2.31. The number of nitrogens with one attached hydrogen (secondary N) is 1. The lowest BCUT2D eigenvalue weighted by atomic mass is 9.92. The lowest BCUT2D eigenvalue weighted by Gasteiger charge is -2.35. The molecule has 0 amide bonds. The third-order valence-electron chi connectivity index (χ3n) is 4.45. The van der Waals surface area contributed by atoms with Gasteiger partial charge in [-0.15, -0.1) is 6.58 Å². The number of aromatic nitrogens is 4. The van der Waals surface area contributed by atoms with Crippen molar-refractivity contribution >= 4 is 17.1 Å². The zero-order chi connectivity index (χ0) is 16.7. The molecule has 0 aliphatic carbocycles. The average Bonchev–Trinajstić information content (AvgIpc) is 2.84. The third kappa shape index (κ3) is 2.60. The van der Waals surface area contributed by atoms with Gasteiger partial charge in [-0.25, -0.2) is 4.79 Å². The van der Waals surface area contributed by atoms with Crippen molar-refractivity contribution in [3.8, 4) is 0 Å². The van der Waals surface area contributed by atoms with Crippen molar-refractivity contribution in [3.63, 3.8) is 0 Å². The number of aromatic amines is 1. The molecule has 1 fully saturated rings. The van der Waals surface area contributed by atoms with Gasteiger partial charge in [-0.2, -0.15) is 4.98 Å². The molecular weight excluding hydrogens is 294 g/mol. The molecule has 0 aromatic carbocycles. The summed E-state index contributed by atoms with van der Waals surface area (Å²) in [6, 6.07) is 0. The fraction of sp³-hybridized carbons (Fsp3) is 0.562. The van der Waals surface area contributed by atoms with Gasteiger partial charge in [0.25, 0.3) is 5.56 Å². The van der Waals surface area contributed by atoms with Gasteiger partial charge < -0.3 is 9.47 Å². The number of piperidine rings is 1. The van der Waals surface area contributed by atoms with Gasteiger partial charge in [0.15, 0.2) is 11.2 Å². The molecule has 2 unspecified atom stereocenters. The van der Waals surface area contributed by atoms with Crippen LogP contribution >= 0.6 is 0 Å². The van der Waals surface area contributed by atoms with E-state index in [4.69, 9.17) is 0 Å². The first kappa shape index (κ1) is 15.6. The highest BCUT2D eigenvalue weighted by Crippen LogP contribution is 2.27. The largest absolute Gasteiger partial charge is 0.342 e. The van der Waals surface area contributed by atoms with Crippen molar-refractivity contribution in [2.24, 2.45) is 18.9 Å². The molecule has 2 aromatic heterocycles. The molecule has 3 rings (SSSR count). The first-order valence-electron chi connectivity index (χ1n) is 7.97. The molecule has 2 atom stereocenters. The molecule has 23 heavy (non-hydrogen) atoms. The summed E-state index contributed by atoms with van der Waals surface area (Å²) in [5, 5.41) is 0. The van der Waals surface area contributed by atoms with Crippen LogP contribution in [0.1, 0.15) is 20.3 Å². The number of H-pyrrole nitrogens is 1. The van der Waals surface area contributed by atoms with Crippen LogP contribution in [0.4, 0.5) is 5.95 Å². The fourth-order valence-corrected chi connectivity index (χ4v) is 3.59. The molecule has 0 spiro atoms. The Morgan fingerprint density at radius 2 is 1.96 bits per heavy atom. The zero-order valence-corrected chi connectivity index (χ0v) is 13.9. The van der Waals surface area contributed by atoms with Crippen molar-refractivity contribution in [1.29, 1.82) is 0 Å². The molecule has 1 aliphatic rings. The Morgan fingerprint density at radius 1 is 1.30 bits per heavy atom. The number of hydrogen-bond donors (Lipinski definition) is 1. The molecule has 1 N–H and O–H groups in total. The number of imidazole rings is 1. The van der Waals surface area contributed by atoms with Crippen LogP contribution in [0.2, 0.25) is 0 Å². The SMILES string of the molecule is C=CCn1c(N2CC(C)CC(C)C2)nc2c1c(=O)[nH]c(=O)n2C. The number of hydrogen-bond acceptors (Lipinski definition) is 4. The minimum atomic E-state index is -0.447. The van der Waals surface area contributed by atoms with Gasteiger partial charge >= 0.3 is 5.69 Å². The second-order valence-corrected chi connectivity index (χ2v) is 6.65. The van der Waals surface area contributed by atoms with Crippen molar-refractivity contribution in [2.45, 2.75) is 26.8 Å². The normalized spacial score (nSPS) is 21.8. The summed E-state index contributed by atoms with van der Waals surface area (Å²) >= 11 is 0. The monoisotopic (exact) mass is 317 g/mol. The number of nitrogens with zero attached hydrogens (tertiary/aromatic N) is 4. The van der Waals surface area contributed by atoms with Gasteiger partial charge in [-0.3, -0.25) is 14.3 Å². The Bertz CT molecular complexity index is 850. The summed E-state index contributed by atoms with van der Waals surface area (Å²) in [7, 11) is 1.62. The maximum Gasteiger partial charge on any atom is 0.329 e. The Balaban J connectivity index is 2.24. The summed E-state index contributed by atoms with van der Waals surface area (Å²) in [5.74, 6) is 1.88. The predicted molar refractivity (Wildman–Crippen MR) is 90.9 cm³/mol. The maximum atomic E-state index is 12.3. The summed E-state index contributed by atoms with van der Waals surface area (Å²) in [5.41, 5.74) is -0.00570. The second-order valence-electron chi connectivity index (χ2n) is 6.65. The van der Waals surface area contributed by atoms with Gasteiger partial charge in [0.2, 0.25) is 5.95 Å². The lowest BCUT2D eigenvalue weighted by Crippen LogP contribution is -2.40. The van der Waals surface area contributed by atoms with Crippen molar-refractivity contribution < 1.29 is 0 Å². The first-order valence-corrected chi connectivity index (χ1v) is 7.97. The summed E-state index contributed by atoms with van der Waals surface area (Å²) in [4.78, 5) is 33.3. The number of anilines is 1. The minimum Gasteiger partial charge on any atom is -0.342 e. The quantitative estimate of drug-likeness (QED) is 0.860. The molecular formula is C16H23N5O2. The topological polar surface area (TPSA) is 75.9 Å². The van der Waals surface area contributed by atoms with Crippen LogP contribution in [-0.2, 0) is 13.6 Å². The highest BCUT2D eigenvalue weighted by atomic mass is 16.2. The molecule has 0 bridgehead atoms. The van der Waals surface area contributed by atoms with Crippen LogP contribution in [-0.4, -0.2) is 32.2 Å².